The van der Waals surface area contributed by atoms with Crippen molar-refractivity contribution < 1.29 is 9.53 Å². The van der Waals surface area contributed by atoms with Crippen LogP contribution in [0.25, 0.3) is 0 Å². The number of unbranched alkanes of at least 4 members (excludes halogenated alkanes) is 1. The number of benzene rings is 1. The number of hydrogen-bond donors (Lipinski definition) is 3. The molecule has 6 heteroatoms. The largest absolute Gasteiger partial charge is 0.464 e. The summed E-state index contributed by atoms with van der Waals surface area (Å²) in [6.45, 7) is 34.9. The molecule has 0 amide bonds. The molecule has 0 spiro atoms. The maximum Gasteiger partial charge on any atom is 0.305 e. The van der Waals surface area contributed by atoms with Crippen LogP contribution in [0.2, 0.25) is 0 Å². The zero-order chi connectivity index (χ0) is 32.9. The lowest BCUT2D eigenvalue weighted by Gasteiger charge is -2.51. The van der Waals surface area contributed by atoms with Crippen LogP contribution in [0.5, 0.6) is 0 Å². The molecule has 6 nitrogen and oxygen atoms in total. The number of carbonyl (C=O) groups excluding carboxylic acids is 1. The van der Waals surface area contributed by atoms with Crippen LogP contribution >= 0.6 is 0 Å². The molecule has 2 aliphatic rings. The first-order valence-corrected chi connectivity index (χ1v) is 17.0. The number of nitrogens with zero attached hydrogens (tertiary/aromatic N) is 1. The van der Waals surface area contributed by atoms with E-state index in [1.807, 2.05) is 0 Å². The van der Waals surface area contributed by atoms with E-state index in [4.69, 9.17) is 11.3 Å². The first kappa shape index (κ1) is 35.6. The molecule has 0 bridgehead atoms. The summed E-state index contributed by atoms with van der Waals surface area (Å²) in [5.74, 6) is 1.68. The summed E-state index contributed by atoms with van der Waals surface area (Å²) in [7, 11) is 0. The summed E-state index contributed by atoms with van der Waals surface area (Å²) in [5.41, 5.74) is 2.74. The normalized spacial score (nSPS) is 27.5. The maximum atomic E-state index is 12.5. The SMILES string of the molecule is C=C1NC(CC)C(C(C)CCCCC(=O)OCCNC(=C)C2(C)N(C(C)C)C(=C)C(C)(C(C)Cc3ccccc3)C2(C)C)N1. The number of esters is 1. The number of ether oxygens (including phenoxy) is 1. The summed E-state index contributed by atoms with van der Waals surface area (Å²) >= 11 is 0. The second-order valence-corrected chi connectivity index (χ2v) is 14.6. The molecule has 2 fully saturated rings. The van der Waals surface area contributed by atoms with Gasteiger partial charge in [-0.1, -0.05) is 98.0 Å². The molecule has 44 heavy (non-hydrogen) atoms. The van der Waals surface area contributed by atoms with Crippen LogP contribution < -0.4 is 16.0 Å². The third-order valence-corrected chi connectivity index (χ3v) is 11.5. The van der Waals surface area contributed by atoms with Gasteiger partial charge in [0, 0.05) is 47.3 Å². The molecule has 1 aromatic carbocycles. The minimum absolute atomic E-state index is 0.127. The summed E-state index contributed by atoms with van der Waals surface area (Å²) in [5, 5.41) is 10.5. The number of allylic oxidation sites excluding steroid dienone is 1. The molecule has 3 N–H and O–H groups in total. The third-order valence-electron chi connectivity index (χ3n) is 11.5. The van der Waals surface area contributed by atoms with Gasteiger partial charge in [-0.3, -0.25) is 4.79 Å². The Labute approximate surface area is 269 Å². The molecule has 2 aliphatic heterocycles. The Morgan fingerprint density at radius 1 is 1.05 bits per heavy atom. The molecule has 0 saturated carbocycles. The molecular formula is C38H62N4O2. The standard InChI is InChI=1S/C38H62N4O2/c1-13-33-35(41-31(8)40-33)27(4)19-17-18-22-34(43)44-24-23-39-29(6)38(12)36(9,10)37(11,30(7)42(38)26(2)3)28(5)25-32-20-15-14-16-21-32/h14-16,20-21,26-28,33,35,39-41H,6-8,13,17-19,22-25H2,1-5,9-12H3. The summed E-state index contributed by atoms with van der Waals surface area (Å²) < 4.78 is 5.63. The fraction of sp³-hybridized carbons (Fsp3) is 0.658. The van der Waals surface area contributed by atoms with Gasteiger partial charge in [0.25, 0.3) is 0 Å². The molecule has 0 aromatic heterocycles. The Morgan fingerprint density at radius 2 is 1.70 bits per heavy atom. The van der Waals surface area contributed by atoms with Gasteiger partial charge in [0.15, 0.2) is 0 Å². The second kappa shape index (κ2) is 14.5. The number of likely N-dealkylation sites (tertiary alicyclic amines) is 1. The molecule has 0 aliphatic carbocycles. The van der Waals surface area contributed by atoms with Crippen molar-refractivity contribution in [2.45, 2.75) is 125 Å². The lowest BCUT2D eigenvalue weighted by Crippen LogP contribution is -2.57. The molecular weight excluding hydrogens is 544 g/mol. The topological polar surface area (TPSA) is 65.6 Å². The van der Waals surface area contributed by atoms with Crippen LogP contribution in [0, 0.1) is 22.7 Å². The van der Waals surface area contributed by atoms with Crippen LogP contribution in [-0.4, -0.2) is 47.7 Å². The van der Waals surface area contributed by atoms with Gasteiger partial charge in [0.2, 0.25) is 0 Å². The van der Waals surface area contributed by atoms with Gasteiger partial charge in [-0.15, -0.1) is 0 Å². The van der Waals surface area contributed by atoms with E-state index in [9.17, 15) is 4.79 Å². The molecule has 1 aromatic rings. The Bertz CT molecular complexity index is 1160. The van der Waals surface area contributed by atoms with Gasteiger partial charge < -0.3 is 25.6 Å². The molecule has 6 atom stereocenters. The zero-order valence-corrected chi connectivity index (χ0v) is 29.3. The van der Waals surface area contributed by atoms with E-state index in [0.717, 1.165) is 43.6 Å². The quantitative estimate of drug-likeness (QED) is 0.133. The predicted molar refractivity (Wildman–Crippen MR) is 185 cm³/mol. The number of carbonyl (C=O) groups is 1. The van der Waals surface area contributed by atoms with Gasteiger partial charge in [-0.25, -0.2) is 0 Å². The molecule has 3 rings (SSSR count). The van der Waals surface area contributed by atoms with E-state index in [1.165, 1.54) is 11.3 Å². The van der Waals surface area contributed by atoms with E-state index in [0.29, 0.717) is 43.5 Å². The van der Waals surface area contributed by atoms with Crippen molar-refractivity contribution in [3.63, 3.8) is 0 Å². The number of rotatable bonds is 16. The summed E-state index contributed by atoms with van der Waals surface area (Å²) in [6, 6.07) is 11.8. The van der Waals surface area contributed by atoms with Crippen LogP contribution in [0.15, 0.2) is 67.3 Å². The monoisotopic (exact) mass is 606 g/mol. The molecule has 0 radical (unpaired) electrons. The average molecular weight is 607 g/mol. The Kier molecular flexibility index (Phi) is 11.7. The van der Waals surface area contributed by atoms with Crippen LogP contribution in [0.3, 0.4) is 0 Å². The van der Waals surface area contributed by atoms with E-state index >= 15 is 0 Å². The van der Waals surface area contributed by atoms with Crippen LogP contribution in [-0.2, 0) is 16.0 Å². The first-order valence-electron chi connectivity index (χ1n) is 17.0. The van der Waals surface area contributed by atoms with Crippen LogP contribution in [0.4, 0.5) is 0 Å². The minimum Gasteiger partial charge on any atom is -0.464 e. The van der Waals surface area contributed by atoms with Crippen molar-refractivity contribution in [2.75, 3.05) is 13.2 Å². The van der Waals surface area contributed by atoms with Crippen molar-refractivity contribution in [1.29, 1.82) is 0 Å². The predicted octanol–water partition coefficient (Wildman–Crippen LogP) is 7.55. The second-order valence-electron chi connectivity index (χ2n) is 14.6. The van der Waals surface area contributed by atoms with E-state index in [2.05, 4.69) is 127 Å². The summed E-state index contributed by atoms with van der Waals surface area (Å²) in [6.07, 6.45) is 5.44. The van der Waals surface area contributed by atoms with Gasteiger partial charge >= 0.3 is 5.97 Å². The first-order chi connectivity index (χ1) is 20.6. The highest BCUT2D eigenvalue weighted by molar-refractivity contribution is 5.69. The van der Waals surface area contributed by atoms with Gasteiger partial charge in [-0.2, -0.15) is 0 Å². The van der Waals surface area contributed by atoms with E-state index < -0.39 is 0 Å². The Balaban J connectivity index is 1.53. The lowest BCUT2D eigenvalue weighted by molar-refractivity contribution is -0.143. The highest BCUT2D eigenvalue weighted by atomic mass is 16.5. The zero-order valence-electron chi connectivity index (χ0n) is 29.3. The highest BCUT2D eigenvalue weighted by Gasteiger charge is 2.67. The van der Waals surface area contributed by atoms with Crippen molar-refractivity contribution in [1.82, 2.24) is 20.9 Å². The van der Waals surface area contributed by atoms with Crippen molar-refractivity contribution in [3.05, 3.63) is 72.8 Å². The van der Waals surface area contributed by atoms with Gasteiger partial charge in [-0.05, 0) is 63.9 Å². The lowest BCUT2D eigenvalue weighted by atomic mass is 9.54. The molecule has 246 valence electrons. The third kappa shape index (κ3) is 6.84. The molecule has 6 unspecified atom stereocenters. The highest BCUT2D eigenvalue weighted by Crippen LogP contribution is 2.66. The molecule has 2 saturated heterocycles. The minimum atomic E-state index is -0.383. The van der Waals surface area contributed by atoms with E-state index in [1.54, 1.807) is 0 Å². The average Bonchev–Trinajstić information content (AvgIpc) is 3.42. The van der Waals surface area contributed by atoms with Crippen molar-refractivity contribution in [3.8, 4) is 0 Å². The van der Waals surface area contributed by atoms with Gasteiger partial charge in [0.1, 0.15) is 6.61 Å². The van der Waals surface area contributed by atoms with Gasteiger partial charge in [0.05, 0.1) is 17.4 Å². The fourth-order valence-electron chi connectivity index (χ4n) is 8.19. The molecule has 2 heterocycles. The Morgan fingerprint density at radius 3 is 2.32 bits per heavy atom. The number of hydrogen-bond acceptors (Lipinski definition) is 6. The van der Waals surface area contributed by atoms with Crippen molar-refractivity contribution in [2.24, 2.45) is 22.7 Å². The summed E-state index contributed by atoms with van der Waals surface area (Å²) in [4.78, 5) is 15.0. The van der Waals surface area contributed by atoms with Crippen LogP contribution in [0.1, 0.15) is 100.0 Å². The van der Waals surface area contributed by atoms with E-state index in [-0.39, 0.29) is 28.4 Å². The fourth-order valence-corrected chi connectivity index (χ4v) is 8.19. The number of nitrogens with one attached hydrogen (secondary N) is 3. The Hall–Kier alpha value is -2.89. The van der Waals surface area contributed by atoms with Crippen molar-refractivity contribution >= 4 is 5.97 Å². The maximum absolute atomic E-state index is 12.5. The smallest absolute Gasteiger partial charge is 0.305 e.